The maximum absolute atomic E-state index is 13.1. The molecule has 2 fully saturated rings. The molecular formula is C23H24N4O2S. The highest BCUT2D eigenvalue weighted by Crippen LogP contribution is 2.29. The molecule has 5 rings (SSSR count). The summed E-state index contributed by atoms with van der Waals surface area (Å²) >= 11 is 1.71. The molecule has 3 aromatic rings. The Hall–Kier alpha value is -2.93. The first-order valence-electron chi connectivity index (χ1n) is 10.4. The molecule has 0 saturated carbocycles. The summed E-state index contributed by atoms with van der Waals surface area (Å²) in [5, 5.41) is 1.03. The summed E-state index contributed by atoms with van der Waals surface area (Å²) < 4.78 is 1.19. The van der Waals surface area contributed by atoms with Gasteiger partial charge in [0.1, 0.15) is 0 Å². The highest BCUT2D eigenvalue weighted by atomic mass is 32.1. The van der Waals surface area contributed by atoms with Crippen LogP contribution in [0.4, 0.5) is 5.13 Å². The Labute approximate surface area is 179 Å². The summed E-state index contributed by atoms with van der Waals surface area (Å²) in [6.45, 7) is 4.34. The standard InChI is InChI=1S/C23H24N4O2S/c28-21-9-4-10-27(21)16-17-5-3-6-18(15-17)22(29)25-11-13-26(14-12-25)23-24-19-7-1-2-8-20(19)30-23/h1-3,5-8,15H,4,9-14,16H2. The van der Waals surface area contributed by atoms with Gasteiger partial charge in [0.2, 0.25) is 5.91 Å². The van der Waals surface area contributed by atoms with Crippen LogP contribution in [0.15, 0.2) is 48.5 Å². The lowest BCUT2D eigenvalue weighted by Gasteiger charge is -2.34. The largest absolute Gasteiger partial charge is 0.345 e. The van der Waals surface area contributed by atoms with Gasteiger partial charge in [0.15, 0.2) is 5.13 Å². The maximum atomic E-state index is 13.1. The Morgan fingerprint density at radius 1 is 1.00 bits per heavy atom. The Morgan fingerprint density at radius 2 is 1.83 bits per heavy atom. The van der Waals surface area contributed by atoms with Crippen molar-refractivity contribution in [2.24, 2.45) is 0 Å². The highest BCUT2D eigenvalue weighted by Gasteiger charge is 2.25. The van der Waals surface area contributed by atoms with Crippen molar-refractivity contribution in [3.8, 4) is 0 Å². The third kappa shape index (κ3) is 3.77. The molecule has 3 heterocycles. The number of rotatable bonds is 4. The zero-order chi connectivity index (χ0) is 20.5. The molecule has 2 aliphatic heterocycles. The van der Waals surface area contributed by atoms with Crippen LogP contribution in [-0.4, -0.2) is 59.3 Å². The van der Waals surface area contributed by atoms with Crippen LogP contribution < -0.4 is 4.90 Å². The average Bonchev–Trinajstić information content (AvgIpc) is 3.40. The first-order valence-corrected chi connectivity index (χ1v) is 11.3. The van der Waals surface area contributed by atoms with Crippen molar-refractivity contribution in [2.75, 3.05) is 37.6 Å². The van der Waals surface area contributed by atoms with Gasteiger partial charge < -0.3 is 14.7 Å². The molecule has 6 nitrogen and oxygen atoms in total. The third-order valence-electron chi connectivity index (χ3n) is 5.84. The zero-order valence-electron chi connectivity index (χ0n) is 16.8. The zero-order valence-corrected chi connectivity index (χ0v) is 17.6. The number of hydrogen-bond acceptors (Lipinski definition) is 5. The first kappa shape index (κ1) is 19.1. The number of piperazine rings is 1. The Morgan fingerprint density at radius 3 is 2.60 bits per heavy atom. The van der Waals surface area contributed by atoms with E-state index in [1.54, 1.807) is 11.3 Å². The summed E-state index contributed by atoms with van der Waals surface area (Å²) in [6.07, 6.45) is 1.56. The summed E-state index contributed by atoms with van der Waals surface area (Å²) in [6, 6.07) is 15.9. The van der Waals surface area contributed by atoms with Crippen LogP contribution in [0.1, 0.15) is 28.8 Å². The molecule has 0 unspecified atom stereocenters. The molecule has 30 heavy (non-hydrogen) atoms. The van der Waals surface area contributed by atoms with Crippen LogP contribution in [0.2, 0.25) is 0 Å². The van der Waals surface area contributed by atoms with Crippen molar-refractivity contribution in [3.05, 3.63) is 59.7 Å². The van der Waals surface area contributed by atoms with E-state index >= 15 is 0 Å². The Bertz CT molecular complexity index is 1050. The molecule has 2 aliphatic rings. The predicted octanol–water partition coefficient (Wildman–Crippen LogP) is 3.38. The van der Waals surface area contributed by atoms with Crippen LogP contribution in [0.3, 0.4) is 0 Å². The van der Waals surface area contributed by atoms with Crippen LogP contribution >= 0.6 is 11.3 Å². The molecule has 0 atom stereocenters. The topological polar surface area (TPSA) is 56.8 Å². The van der Waals surface area contributed by atoms with Crippen molar-refractivity contribution in [3.63, 3.8) is 0 Å². The van der Waals surface area contributed by atoms with Crippen molar-refractivity contribution in [1.82, 2.24) is 14.8 Å². The van der Waals surface area contributed by atoms with Gasteiger partial charge in [-0.2, -0.15) is 0 Å². The summed E-state index contributed by atoms with van der Waals surface area (Å²) in [5.41, 5.74) is 2.75. The minimum absolute atomic E-state index is 0.0635. The Kier molecular flexibility index (Phi) is 5.12. The van der Waals surface area contributed by atoms with E-state index in [-0.39, 0.29) is 11.8 Å². The number of carbonyl (C=O) groups is 2. The molecule has 2 aromatic carbocycles. The molecule has 2 saturated heterocycles. The van der Waals surface area contributed by atoms with Gasteiger partial charge in [-0.1, -0.05) is 35.6 Å². The van der Waals surface area contributed by atoms with Gasteiger partial charge in [0.25, 0.3) is 5.91 Å². The molecule has 1 aromatic heterocycles. The lowest BCUT2D eigenvalue weighted by molar-refractivity contribution is -0.128. The summed E-state index contributed by atoms with van der Waals surface area (Å²) in [5.74, 6) is 0.270. The Balaban J connectivity index is 1.23. The number of amides is 2. The predicted molar refractivity (Wildman–Crippen MR) is 119 cm³/mol. The number of benzene rings is 2. The molecular weight excluding hydrogens is 396 g/mol. The van der Waals surface area contributed by atoms with E-state index in [0.717, 1.165) is 42.3 Å². The fourth-order valence-corrected chi connectivity index (χ4v) is 5.19. The third-order valence-corrected chi connectivity index (χ3v) is 6.94. The number of aromatic nitrogens is 1. The number of fused-ring (bicyclic) bond motifs is 1. The van der Waals surface area contributed by atoms with Crippen molar-refractivity contribution in [1.29, 1.82) is 0 Å². The first-order chi connectivity index (χ1) is 14.7. The van der Waals surface area contributed by atoms with Crippen LogP contribution in [0.25, 0.3) is 10.2 Å². The molecule has 154 valence electrons. The SMILES string of the molecule is O=C1CCCN1Cc1cccc(C(=O)N2CCN(c3nc4ccccc4s3)CC2)c1. The van der Waals surface area contributed by atoms with E-state index in [1.807, 2.05) is 52.3 Å². The molecule has 0 aliphatic carbocycles. The number of nitrogens with zero attached hydrogens (tertiary/aromatic N) is 4. The molecule has 7 heteroatoms. The van der Waals surface area contributed by atoms with E-state index in [0.29, 0.717) is 31.6 Å². The maximum Gasteiger partial charge on any atom is 0.253 e. The van der Waals surface area contributed by atoms with Crippen molar-refractivity contribution >= 4 is 38.5 Å². The number of para-hydroxylation sites is 1. The molecule has 0 bridgehead atoms. The van der Waals surface area contributed by atoms with Crippen LogP contribution in [-0.2, 0) is 11.3 Å². The van der Waals surface area contributed by atoms with E-state index in [1.165, 1.54) is 4.70 Å². The number of carbonyl (C=O) groups excluding carboxylic acids is 2. The van der Waals surface area contributed by atoms with Gasteiger partial charge in [0, 0.05) is 51.3 Å². The summed E-state index contributed by atoms with van der Waals surface area (Å²) in [4.78, 5) is 35.7. The fourth-order valence-electron chi connectivity index (χ4n) is 4.17. The number of anilines is 1. The number of thiazole rings is 1. The van der Waals surface area contributed by atoms with Gasteiger partial charge in [-0.15, -0.1) is 0 Å². The van der Waals surface area contributed by atoms with Crippen LogP contribution in [0, 0.1) is 0 Å². The average molecular weight is 421 g/mol. The highest BCUT2D eigenvalue weighted by molar-refractivity contribution is 7.22. The summed E-state index contributed by atoms with van der Waals surface area (Å²) in [7, 11) is 0. The van der Waals surface area contributed by atoms with E-state index in [2.05, 4.69) is 11.0 Å². The van der Waals surface area contributed by atoms with Gasteiger partial charge in [-0.3, -0.25) is 9.59 Å². The van der Waals surface area contributed by atoms with Gasteiger partial charge in [-0.05, 0) is 36.2 Å². The van der Waals surface area contributed by atoms with E-state index < -0.39 is 0 Å². The smallest absolute Gasteiger partial charge is 0.253 e. The normalized spacial score (nSPS) is 17.2. The second kappa shape index (κ2) is 8.07. The van der Waals surface area contributed by atoms with E-state index in [4.69, 9.17) is 4.98 Å². The van der Waals surface area contributed by atoms with Gasteiger partial charge in [0.05, 0.1) is 10.2 Å². The molecule has 0 radical (unpaired) electrons. The number of hydrogen-bond donors (Lipinski definition) is 0. The number of likely N-dealkylation sites (tertiary alicyclic amines) is 1. The van der Waals surface area contributed by atoms with Crippen molar-refractivity contribution in [2.45, 2.75) is 19.4 Å². The second-order valence-corrected chi connectivity index (χ2v) is 8.87. The minimum atomic E-state index is 0.0635. The van der Waals surface area contributed by atoms with Crippen LogP contribution in [0.5, 0.6) is 0 Å². The monoisotopic (exact) mass is 420 g/mol. The minimum Gasteiger partial charge on any atom is -0.345 e. The van der Waals surface area contributed by atoms with Crippen molar-refractivity contribution < 1.29 is 9.59 Å². The lowest BCUT2D eigenvalue weighted by atomic mass is 10.1. The molecule has 0 spiro atoms. The molecule has 2 amide bonds. The van der Waals surface area contributed by atoms with Gasteiger partial charge >= 0.3 is 0 Å². The molecule has 0 N–H and O–H groups in total. The fraction of sp³-hybridized carbons (Fsp3) is 0.348. The van der Waals surface area contributed by atoms with Gasteiger partial charge in [-0.25, -0.2) is 4.98 Å². The lowest BCUT2D eigenvalue weighted by Crippen LogP contribution is -2.48. The second-order valence-electron chi connectivity index (χ2n) is 7.86. The quantitative estimate of drug-likeness (QED) is 0.649. The van der Waals surface area contributed by atoms with E-state index in [9.17, 15) is 9.59 Å².